The molecule has 2 aromatic rings. The van der Waals surface area contributed by atoms with Crippen molar-refractivity contribution >= 4 is 34.1 Å². The van der Waals surface area contributed by atoms with Gasteiger partial charge in [0.2, 0.25) is 5.91 Å². The van der Waals surface area contributed by atoms with Gasteiger partial charge in [-0.15, -0.1) is 11.6 Å². The second-order valence-corrected chi connectivity index (χ2v) is 3.74. The van der Waals surface area contributed by atoms with Crippen molar-refractivity contribution in [3.8, 4) is 0 Å². The second-order valence-electron chi connectivity index (χ2n) is 3.47. The van der Waals surface area contributed by atoms with Crippen LogP contribution in [0.15, 0.2) is 36.5 Å². The van der Waals surface area contributed by atoms with Crippen LogP contribution in [0.2, 0.25) is 0 Å². The van der Waals surface area contributed by atoms with Crippen LogP contribution in [0.5, 0.6) is 0 Å². The van der Waals surface area contributed by atoms with Gasteiger partial charge in [0.1, 0.15) is 5.88 Å². The van der Waals surface area contributed by atoms with Crippen molar-refractivity contribution in [3.63, 3.8) is 0 Å². The van der Waals surface area contributed by atoms with Crippen LogP contribution in [0, 0.1) is 0 Å². The molecule has 0 aliphatic rings. The van der Waals surface area contributed by atoms with Crippen LogP contribution >= 0.6 is 11.6 Å². The topological polar surface area (TPSA) is 33.2 Å². The van der Waals surface area contributed by atoms with Crippen LogP contribution in [-0.4, -0.2) is 23.8 Å². The van der Waals surface area contributed by atoms with Gasteiger partial charge in [-0.05, 0) is 12.1 Å². The molecule has 0 atom stereocenters. The highest BCUT2D eigenvalue weighted by Crippen LogP contribution is 2.18. The minimum atomic E-state index is -0.140. The highest BCUT2D eigenvalue weighted by Gasteiger charge is 2.09. The number of para-hydroxylation sites is 1. The lowest BCUT2D eigenvalue weighted by Gasteiger charge is -2.15. The minimum absolute atomic E-state index is 0.0245. The summed E-state index contributed by atoms with van der Waals surface area (Å²) in [5, 5.41) is 1.01. The molecule has 0 spiro atoms. The van der Waals surface area contributed by atoms with E-state index in [1.54, 1.807) is 13.2 Å². The molecule has 0 aliphatic carbocycles. The Bertz CT molecular complexity index is 527. The molecule has 0 N–H and O–H groups in total. The smallest absolute Gasteiger partial charge is 0.241 e. The molecule has 4 heteroatoms. The zero-order valence-electron chi connectivity index (χ0n) is 8.85. The molecule has 0 unspecified atom stereocenters. The fourth-order valence-corrected chi connectivity index (χ4v) is 1.66. The van der Waals surface area contributed by atoms with E-state index >= 15 is 0 Å². The number of amides is 1. The summed E-state index contributed by atoms with van der Waals surface area (Å²) in [7, 11) is 1.69. The number of alkyl halides is 1. The van der Waals surface area contributed by atoms with E-state index in [9.17, 15) is 4.79 Å². The first kappa shape index (κ1) is 10.9. The Kier molecular flexibility index (Phi) is 3.06. The van der Waals surface area contributed by atoms with Gasteiger partial charge in [0, 0.05) is 12.4 Å². The maximum Gasteiger partial charge on any atom is 0.241 e. The Morgan fingerprint density at radius 3 is 2.94 bits per heavy atom. The molecule has 0 saturated carbocycles. The summed E-state index contributed by atoms with van der Waals surface area (Å²) in [5.41, 5.74) is 1.67. The molecule has 2 rings (SSSR count). The number of anilines is 1. The number of carbonyl (C=O) groups is 1. The zero-order chi connectivity index (χ0) is 11.5. The lowest BCUT2D eigenvalue weighted by Crippen LogP contribution is -2.27. The molecule has 0 bridgehead atoms. The monoisotopic (exact) mass is 234 g/mol. The lowest BCUT2D eigenvalue weighted by molar-refractivity contribution is -0.116. The Morgan fingerprint density at radius 1 is 1.44 bits per heavy atom. The van der Waals surface area contributed by atoms with Gasteiger partial charge in [0.15, 0.2) is 0 Å². The van der Waals surface area contributed by atoms with Gasteiger partial charge in [-0.2, -0.15) is 0 Å². The van der Waals surface area contributed by atoms with Gasteiger partial charge >= 0.3 is 0 Å². The molecule has 0 fully saturated rings. The highest BCUT2D eigenvalue weighted by molar-refractivity contribution is 6.29. The normalized spacial score (nSPS) is 10.4. The minimum Gasteiger partial charge on any atom is -0.313 e. The number of carbonyl (C=O) groups excluding carboxylic acids is 1. The molecule has 82 valence electrons. The average Bonchev–Trinajstić information content (AvgIpc) is 2.36. The molecule has 3 nitrogen and oxygen atoms in total. The average molecular weight is 235 g/mol. The summed E-state index contributed by atoms with van der Waals surface area (Å²) < 4.78 is 0. The second kappa shape index (κ2) is 4.49. The first-order valence-electron chi connectivity index (χ1n) is 4.89. The Hall–Kier alpha value is -1.61. The van der Waals surface area contributed by atoms with Crippen LogP contribution in [0.4, 0.5) is 5.69 Å². The summed E-state index contributed by atoms with van der Waals surface area (Å²) in [5.74, 6) is -0.165. The number of nitrogens with zero attached hydrogens (tertiary/aromatic N) is 2. The Morgan fingerprint density at radius 2 is 2.19 bits per heavy atom. The Labute approximate surface area is 98.7 Å². The van der Waals surface area contributed by atoms with E-state index in [1.165, 1.54) is 4.90 Å². The summed E-state index contributed by atoms with van der Waals surface area (Å²) in [6.45, 7) is 0. The molecular formula is C12H11ClN2O. The van der Waals surface area contributed by atoms with Crippen molar-refractivity contribution in [2.75, 3.05) is 17.8 Å². The quantitative estimate of drug-likeness (QED) is 0.748. The van der Waals surface area contributed by atoms with Crippen LogP contribution in [-0.2, 0) is 4.79 Å². The molecule has 0 radical (unpaired) electrons. The first-order valence-corrected chi connectivity index (χ1v) is 5.43. The zero-order valence-corrected chi connectivity index (χ0v) is 9.61. The standard InChI is InChI=1S/C12H11ClN2O/c1-15(12(16)7-13)10-6-9-4-2-3-5-11(9)14-8-10/h2-6,8H,7H2,1H3. The largest absolute Gasteiger partial charge is 0.313 e. The molecule has 0 saturated heterocycles. The molecule has 1 aromatic heterocycles. The van der Waals surface area contributed by atoms with Crippen molar-refractivity contribution < 1.29 is 4.79 Å². The number of rotatable bonds is 2. The molecule has 0 aliphatic heterocycles. The van der Waals surface area contributed by atoms with E-state index in [-0.39, 0.29) is 11.8 Å². The highest BCUT2D eigenvalue weighted by atomic mass is 35.5. The third-order valence-electron chi connectivity index (χ3n) is 2.45. The first-order chi connectivity index (χ1) is 7.72. The lowest BCUT2D eigenvalue weighted by atomic mass is 10.2. The number of halogens is 1. The van der Waals surface area contributed by atoms with Crippen molar-refractivity contribution in [1.82, 2.24) is 4.98 Å². The number of pyridine rings is 1. The van der Waals surface area contributed by atoms with E-state index in [2.05, 4.69) is 4.98 Å². The fraction of sp³-hybridized carbons (Fsp3) is 0.167. The Balaban J connectivity index is 2.43. The van der Waals surface area contributed by atoms with Crippen LogP contribution < -0.4 is 4.90 Å². The van der Waals surface area contributed by atoms with Gasteiger partial charge < -0.3 is 4.90 Å². The fourth-order valence-electron chi connectivity index (χ4n) is 1.48. The van der Waals surface area contributed by atoms with Crippen molar-refractivity contribution in [2.45, 2.75) is 0 Å². The maximum absolute atomic E-state index is 11.4. The number of benzene rings is 1. The number of hydrogen-bond donors (Lipinski definition) is 0. The van der Waals surface area contributed by atoms with E-state index in [0.717, 1.165) is 16.6 Å². The number of aromatic nitrogens is 1. The summed E-state index contributed by atoms with van der Waals surface area (Å²) in [6, 6.07) is 9.69. The SMILES string of the molecule is CN(C(=O)CCl)c1cnc2ccccc2c1. The van der Waals surface area contributed by atoms with E-state index in [4.69, 9.17) is 11.6 Å². The van der Waals surface area contributed by atoms with Gasteiger partial charge in [0.25, 0.3) is 0 Å². The van der Waals surface area contributed by atoms with Crippen molar-refractivity contribution in [1.29, 1.82) is 0 Å². The van der Waals surface area contributed by atoms with Crippen LogP contribution in [0.3, 0.4) is 0 Å². The predicted molar refractivity (Wildman–Crippen MR) is 65.9 cm³/mol. The van der Waals surface area contributed by atoms with Crippen LogP contribution in [0.1, 0.15) is 0 Å². The van der Waals surface area contributed by atoms with Gasteiger partial charge in [0.05, 0.1) is 17.4 Å². The summed E-state index contributed by atoms with van der Waals surface area (Å²) in [6.07, 6.45) is 1.67. The van der Waals surface area contributed by atoms with Gasteiger partial charge in [-0.3, -0.25) is 9.78 Å². The van der Waals surface area contributed by atoms with E-state index < -0.39 is 0 Å². The maximum atomic E-state index is 11.4. The molecule has 1 amide bonds. The van der Waals surface area contributed by atoms with E-state index in [1.807, 2.05) is 30.3 Å². The van der Waals surface area contributed by atoms with Crippen molar-refractivity contribution in [3.05, 3.63) is 36.5 Å². The molecule has 16 heavy (non-hydrogen) atoms. The van der Waals surface area contributed by atoms with Gasteiger partial charge in [-0.25, -0.2) is 0 Å². The third-order valence-corrected chi connectivity index (χ3v) is 2.68. The van der Waals surface area contributed by atoms with Crippen molar-refractivity contribution in [2.24, 2.45) is 0 Å². The molecule has 1 aromatic carbocycles. The molecule has 1 heterocycles. The third kappa shape index (κ3) is 1.99. The van der Waals surface area contributed by atoms with E-state index in [0.29, 0.717) is 0 Å². The van der Waals surface area contributed by atoms with Gasteiger partial charge in [-0.1, -0.05) is 18.2 Å². The number of fused-ring (bicyclic) bond motifs is 1. The number of hydrogen-bond acceptors (Lipinski definition) is 2. The summed E-state index contributed by atoms with van der Waals surface area (Å²) >= 11 is 5.50. The predicted octanol–water partition coefficient (Wildman–Crippen LogP) is 2.44. The summed E-state index contributed by atoms with van der Waals surface area (Å²) in [4.78, 5) is 17.2. The molecular weight excluding hydrogens is 224 g/mol. The van der Waals surface area contributed by atoms with Crippen LogP contribution in [0.25, 0.3) is 10.9 Å².